The second-order valence-corrected chi connectivity index (χ2v) is 6.91. The Hall–Kier alpha value is -1.37. The topological polar surface area (TPSA) is 47.0 Å². The zero-order chi connectivity index (χ0) is 15.0. The third kappa shape index (κ3) is 3.12. The number of hydrogen-bond donors (Lipinski definition) is 1. The molecule has 0 bridgehead atoms. The average Bonchev–Trinajstić information content (AvgIpc) is 2.78. The van der Waals surface area contributed by atoms with Gasteiger partial charge in [0.25, 0.3) is 0 Å². The van der Waals surface area contributed by atoms with Crippen molar-refractivity contribution in [1.82, 2.24) is 9.97 Å². The Morgan fingerprint density at radius 2 is 2.05 bits per heavy atom. The van der Waals surface area contributed by atoms with Crippen molar-refractivity contribution < 1.29 is 4.74 Å². The van der Waals surface area contributed by atoms with Crippen molar-refractivity contribution >= 4 is 60.6 Å². The number of aryl methyl sites for hydroxylation is 1. The van der Waals surface area contributed by atoms with Gasteiger partial charge >= 0.3 is 0 Å². The van der Waals surface area contributed by atoms with Gasteiger partial charge in [-0.2, -0.15) is 4.98 Å². The molecule has 21 heavy (non-hydrogen) atoms. The summed E-state index contributed by atoms with van der Waals surface area (Å²) in [5.41, 5.74) is 0.862. The van der Waals surface area contributed by atoms with E-state index in [1.54, 1.807) is 18.4 Å². The number of anilines is 2. The number of halogens is 2. The fourth-order valence-electron chi connectivity index (χ4n) is 2.00. The van der Waals surface area contributed by atoms with Gasteiger partial charge < -0.3 is 10.1 Å². The Kier molecular flexibility index (Phi) is 4.01. The molecule has 0 amide bonds. The van der Waals surface area contributed by atoms with Crippen LogP contribution in [0.4, 0.5) is 11.5 Å². The number of ether oxygens (including phenoxy) is 1. The fraction of sp³-hybridized carbons (Fsp3) is 0.143. The number of fused-ring (bicyclic) bond motifs is 1. The van der Waals surface area contributed by atoms with Gasteiger partial charge in [0.2, 0.25) is 5.28 Å². The van der Waals surface area contributed by atoms with Gasteiger partial charge in [0.05, 0.1) is 12.5 Å². The summed E-state index contributed by atoms with van der Waals surface area (Å²) in [6, 6.07) is 7.78. The first-order valence-electron chi connectivity index (χ1n) is 6.10. The molecule has 3 rings (SSSR count). The molecule has 0 aliphatic rings. The second-order valence-electron chi connectivity index (χ2n) is 4.42. The van der Waals surface area contributed by atoms with E-state index < -0.39 is 0 Å². The molecule has 1 aromatic carbocycles. The van der Waals surface area contributed by atoms with Crippen LogP contribution >= 0.6 is 38.9 Å². The van der Waals surface area contributed by atoms with Gasteiger partial charge in [-0.25, -0.2) is 4.98 Å². The maximum absolute atomic E-state index is 6.00. The van der Waals surface area contributed by atoms with Crippen LogP contribution in [-0.2, 0) is 0 Å². The Morgan fingerprint density at radius 3 is 2.81 bits per heavy atom. The molecule has 0 spiro atoms. The molecule has 3 aromatic rings. The lowest BCUT2D eigenvalue weighted by atomic mass is 10.3. The fourth-order valence-corrected chi connectivity index (χ4v) is 3.57. The number of nitrogens with one attached hydrogen (secondary N) is 1. The summed E-state index contributed by atoms with van der Waals surface area (Å²) >= 11 is 11.1. The Bertz CT molecular complexity index is 821. The van der Waals surface area contributed by atoms with Crippen molar-refractivity contribution in [2.24, 2.45) is 0 Å². The minimum atomic E-state index is 0.230. The minimum Gasteiger partial charge on any atom is -0.497 e. The molecular weight excluding hydrogens is 374 g/mol. The van der Waals surface area contributed by atoms with Crippen LogP contribution in [0, 0.1) is 6.92 Å². The average molecular weight is 385 g/mol. The third-order valence-corrected chi connectivity index (χ3v) is 4.43. The van der Waals surface area contributed by atoms with E-state index in [9.17, 15) is 0 Å². The highest BCUT2D eigenvalue weighted by Gasteiger charge is 2.10. The van der Waals surface area contributed by atoms with Gasteiger partial charge in [0, 0.05) is 21.1 Å². The summed E-state index contributed by atoms with van der Waals surface area (Å²) in [6.45, 7) is 2.03. The molecule has 0 aliphatic carbocycles. The zero-order valence-electron chi connectivity index (χ0n) is 11.3. The normalized spacial score (nSPS) is 10.9. The molecule has 0 aliphatic heterocycles. The van der Waals surface area contributed by atoms with Crippen molar-refractivity contribution in [2.45, 2.75) is 6.92 Å². The lowest BCUT2D eigenvalue weighted by Gasteiger charge is -2.09. The summed E-state index contributed by atoms with van der Waals surface area (Å²) in [6.07, 6.45) is 0. The summed E-state index contributed by atoms with van der Waals surface area (Å²) in [5.74, 6) is 1.44. The first-order chi connectivity index (χ1) is 10.0. The predicted octanol–water partition coefficient (Wildman–Crippen LogP) is 5.17. The molecule has 0 radical (unpaired) electrons. The van der Waals surface area contributed by atoms with Crippen molar-refractivity contribution in [2.75, 3.05) is 12.4 Å². The number of aromatic nitrogens is 2. The van der Waals surface area contributed by atoms with Crippen LogP contribution in [-0.4, -0.2) is 17.1 Å². The minimum absolute atomic E-state index is 0.230. The first kappa shape index (κ1) is 14.6. The maximum atomic E-state index is 6.00. The Morgan fingerprint density at radius 1 is 1.24 bits per heavy atom. The highest BCUT2D eigenvalue weighted by molar-refractivity contribution is 9.10. The Balaban J connectivity index is 2.07. The van der Waals surface area contributed by atoms with E-state index in [-0.39, 0.29) is 5.28 Å². The molecule has 0 unspecified atom stereocenters. The Labute approximate surface area is 139 Å². The molecule has 7 heteroatoms. The largest absolute Gasteiger partial charge is 0.497 e. The SMILES string of the molecule is COc1cc(Br)cc(Nc2nc(Cl)nc3sc(C)cc23)c1. The monoisotopic (exact) mass is 383 g/mol. The molecule has 2 heterocycles. The molecule has 0 atom stereocenters. The maximum Gasteiger partial charge on any atom is 0.225 e. The molecule has 0 fully saturated rings. The van der Waals surface area contributed by atoms with E-state index in [4.69, 9.17) is 16.3 Å². The summed E-state index contributed by atoms with van der Waals surface area (Å²) in [4.78, 5) is 10.6. The van der Waals surface area contributed by atoms with E-state index >= 15 is 0 Å². The van der Waals surface area contributed by atoms with Gasteiger partial charge in [-0.3, -0.25) is 0 Å². The van der Waals surface area contributed by atoms with Crippen LogP contribution in [0.1, 0.15) is 4.88 Å². The van der Waals surface area contributed by atoms with Crippen LogP contribution in [0.3, 0.4) is 0 Å². The third-order valence-electron chi connectivity index (χ3n) is 2.86. The van der Waals surface area contributed by atoms with Gasteiger partial charge in [0.1, 0.15) is 16.4 Å². The highest BCUT2D eigenvalue weighted by Crippen LogP contribution is 2.33. The number of nitrogens with zero attached hydrogens (tertiary/aromatic N) is 2. The molecule has 1 N–H and O–H groups in total. The van der Waals surface area contributed by atoms with Crippen LogP contribution in [0.15, 0.2) is 28.7 Å². The highest BCUT2D eigenvalue weighted by atomic mass is 79.9. The standard InChI is InChI=1S/C14H11BrClN3OS/c1-7-3-11-12(18-14(16)19-13(11)21-7)17-9-4-8(15)5-10(6-9)20-2/h3-6H,1-2H3,(H,17,18,19). The number of benzene rings is 1. The van der Waals surface area contributed by atoms with E-state index in [0.717, 1.165) is 31.0 Å². The molecule has 4 nitrogen and oxygen atoms in total. The van der Waals surface area contributed by atoms with E-state index in [1.165, 1.54) is 0 Å². The molecule has 0 saturated carbocycles. The van der Waals surface area contributed by atoms with Crippen molar-refractivity contribution in [3.8, 4) is 5.75 Å². The summed E-state index contributed by atoms with van der Waals surface area (Å²) in [7, 11) is 1.63. The van der Waals surface area contributed by atoms with Crippen LogP contribution in [0.2, 0.25) is 5.28 Å². The number of thiophene rings is 1. The smallest absolute Gasteiger partial charge is 0.225 e. The van der Waals surface area contributed by atoms with E-state index in [0.29, 0.717) is 5.82 Å². The predicted molar refractivity (Wildman–Crippen MR) is 91.1 cm³/mol. The number of rotatable bonds is 3. The lowest BCUT2D eigenvalue weighted by molar-refractivity contribution is 0.415. The quantitative estimate of drug-likeness (QED) is 0.633. The van der Waals surface area contributed by atoms with Gasteiger partial charge in [-0.15, -0.1) is 11.3 Å². The van der Waals surface area contributed by atoms with Crippen molar-refractivity contribution in [3.63, 3.8) is 0 Å². The zero-order valence-corrected chi connectivity index (χ0v) is 14.4. The molecular formula is C14H11BrClN3OS. The number of methoxy groups -OCH3 is 1. The van der Waals surface area contributed by atoms with E-state index in [1.807, 2.05) is 31.2 Å². The van der Waals surface area contributed by atoms with Crippen LogP contribution in [0.25, 0.3) is 10.2 Å². The lowest BCUT2D eigenvalue weighted by Crippen LogP contribution is -1.96. The summed E-state index contributed by atoms with van der Waals surface area (Å²) < 4.78 is 6.18. The number of hydrogen-bond acceptors (Lipinski definition) is 5. The van der Waals surface area contributed by atoms with Crippen LogP contribution in [0.5, 0.6) is 5.75 Å². The molecule has 2 aromatic heterocycles. The first-order valence-corrected chi connectivity index (χ1v) is 8.09. The second kappa shape index (κ2) is 5.79. The van der Waals surface area contributed by atoms with Crippen molar-refractivity contribution in [3.05, 3.63) is 38.9 Å². The molecule has 108 valence electrons. The molecule has 0 saturated heterocycles. The summed E-state index contributed by atoms with van der Waals surface area (Å²) in [5, 5.41) is 4.47. The van der Waals surface area contributed by atoms with Crippen molar-refractivity contribution in [1.29, 1.82) is 0 Å². The van der Waals surface area contributed by atoms with Crippen LogP contribution < -0.4 is 10.1 Å². The van der Waals surface area contributed by atoms with Gasteiger partial charge in [-0.05, 0) is 36.7 Å². The van der Waals surface area contributed by atoms with Gasteiger partial charge in [-0.1, -0.05) is 15.9 Å². The van der Waals surface area contributed by atoms with Gasteiger partial charge in [0.15, 0.2) is 0 Å². The van der Waals surface area contributed by atoms with E-state index in [2.05, 4.69) is 31.2 Å².